The van der Waals surface area contributed by atoms with Crippen molar-refractivity contribution in [2.45, 2.75) is 19.8 Å². The summed E-state index contributed by atoms with van der Waals surface area (Å²) in [6.45, 7) is 3.13. The Bertz CT molecular complexity index is 638. The molecular weight excluding hydrogens is 234 g/mol. The highest BCUT2D eigenvalue weighted by Crippen LogP contribution is 2.33. The fourth-order valence-corrected chi connectivity index (χ4v) is 2.61. The first-order valence-electron chi connectivity index (χ1n) is 6.51. The number of aryl methyl sites for hydroxylation is 2. The van der Waals surface area contributed by atoms with Gasteiger partial charge >= 0.3 is 0 Å². The largest absolute Gasteiger partial charge is 0.340 e. The predicted octanol–water partition coefficient (Wildman–Crippen LogP) is 3.35. The molecule has 0 amide bonds. The lowest BCUT2D eigenvalue weighted by Crippen LogP contribution is -2.24. The van der Waals surface area contributed by atoms with E-state index in [4.69, 9.17) is 5.26 Å². The van der Waals surface area contributed by atoms with Crippen molar-refractivity contribution in [3.8, 4) is 6.07 Å². The van der Waals surface area contributed by atoms with Gasteiger partial charge in [0.1, 0.15) is 11.8 Å². The lowest BCUT2D eigenvalue weighted by molar-refractivity contribution is 0.765. The standard InChI is InChI=1S/C16H15N3/c1-12-4-7-16-13(9-12)3-2-8-19(16)15-6-5-14(10-17)18-11-15/h4-7,9,11H,2-3,8H2,1H3. The third-order valence-electron chi connectivity index (χ3n) is 3.53. The number of nitrogens with zero attached hydrogens (tertiary/aromatic N) is 3. The van der Waals surface area contributed by atoms with Crippen LogP contribution >= 0.6 is 0 Å². The summed E-state index contributed by atoms with van der Waals surface area (Å²) in [7, 11) is 0. The molecule has 3 rings (SSSR count). The smallest absolute Gasteiger partial charge is 0.140 e. The number of hydrogen-bond acceptors (Lipinski definition) is 3. The van der Waals surface area contributed by atoms with Gasteiger partial charge in [0.25, 0.3) is 0 Å². The van der Waals surface area contributed by atoms with Gasteiger partial charge in [-0.25, -0.2) is 4.98 Å². The second kappa shape index (κ2) is 4.74. The fourth-order valence-electron chi connectivity index (χ4n) is 2.61. The van der Waals surface area contributed by atoms with Crippen LogP contribution in [0.3, 0.4) is 0 Å². The summed E-state index contributed by atoms with van der Waals surface area (Å²) < 4.78 is 0. The molecule has 0 fully saturated rings. The zero-order valence-corrected chi connectivity index (χ0v) is 10.9. The quantitative estimate of drug-likeness (QED) is 0.778. The van der Waals surface area contributed by atoms with Crippen molar-refractivity contribution >= 4 is 11.4 Å². The molecule has 0 unspecified atom stereocenters. The average molecular weight is 249 g/mol. The Labute approximate surface area is 113 Å². The minimum atomic E-state index is 0.463. The predicted molar refractivity (Wildman–Crippen MR) is 75.5 cm³/mol. The van der Waals surface area contributed by atoms with Gasteiger partial charge in [0.2, 0.25) is 0 Å². The van der Waals surface area contributed by atoms with Crippen LogP contribution in [0.2, 0.25) is 0 Å². The van der Waals surface area contributed by atoms with Gasteiger partial charge in [0.15, 0.2) is 0 Å². The number of anilines is 2. The molecule has 1 aliphatic rings. The van der Waals surface area contributed by atoms with E-state index in [1.54, 1.807) is 12.3 Å². The summed E-state index contributed by atoms with van der Waals surface area (Å²) in [5, 5.41) is 8.80. The topological polar surface area (TPSA) is 39.9 Å². The molecule has 1 aromatic heterocycles. The van der Waals surface area contributed by atoms with E-state index in [1.807, 2.05) is 6.07 Å². The van der Waals surface area contributed by atoms with Crippen molar-refractivity contribution in [3.63, 3.8) is 0 Å². The Kier molecular flexibility index (Phi) is 2.92. The molecule has 0 N–H and O–H groups in total. The van der Waals surface area contributed by atoms with E-state index >= 15 is 0 Å². The highest BCUT2D eigenvalue weighted by molar-refractivity contribution is 5.67. The molecule has 0 saturated carbocycles. The van der Waals surface area contributed by atoms with Crippen molar-refractivity contribution < 1.29 is 0 Å². The first-order chi connectivity index (χ1) is 9.28. The zero-order chi connectivity index (χ0) is 13.2. The van der Waals surface area contributed by atoms with Gasteiger partial charge in [-0.2, -0.15) is 5.26 Å². The van der Waals surface area contributed by atoms with Crippen molar-refractivity contribution in [2.24, 2.45) is 0 Å². The van der Waals surface area contributed by atoms with Gasteiger partial charge in [0, 0.05) is 12.2 Å². The molecule has 0 bridgehead atoms. The minimum absolute atomic E-state index is 0.463. The maximum absolute atomic E-state index is 8.80. The molecule has 3 heteroatoms. The Balaban J connectivity index is 2.01. The highest BCUT2D eigenvalue weighted by Gasteiger charge is 2.18. The molecule has 0 saturated heterocycles. The molecule has 1 aromatic carbocycles. The summed E-state index contributed by atoms with van der Waals surface area (Å²) in [5.41, 5.74) is 5.49. The molecule has 0 radical (unpaired) electrons. The SMILES string of the molecule is Cc1ccc2c(c1)CCCN2c1ccc(C#N)nc1. The van der Waals surface area contributed by atoms with Crippen LogP contribution in [0.15, 0.2) is 36.5 Å². The monoisotopic (exact) mass is 249 g/mol. The van der Waals surface area contributed by atoms with Crippen molar-refractivity contribution in [1.82, 2.24) is 4.98 Å². The second-order valence-electron chi connectivity index (χ2n) is 4.90. The number of aromatic nitrogens is 1. The average Bonchev–Trinajstić information content (AvgIpc) is 2.46. The summed E-state index contributed by atoms with van der Waals surface area (Å²) >= 11 is 0. The van der Waals surface area contributed by atoms with Crippen LogP contribution in [0.1, 0.15) is 23.2 Å². The molecular formula is C16H15N3. The molecule has 0 atom stereocenters. The van der Waals surface area contributed by atoms with Gasteiger partial charge in [-0.3, -0.25) is 0 Å². The first kappa shape index (κ1) is 11.7. The molecule has 0 spiro atoms. The molecule has 19 heavy (non-hydrogen) atoms. The van der Waals surface area contributed by atoms with Crippen LogP contribution < -0.4 is 4.90 Å². The number of rotatable bonds is 1. The molecule has 2 aromatic rings. The number of benzene rings is 1. The number of nitriles is 1. The van der Waals surface area contributed by atoms with Crippen LogP contribution in [0.5, 0.6) is 0 Å². The highest BCUT2D eigenvalue weighted by atomic mass is 15.1. The molecule has 2 heterocycles. The van der Waals surface area contributed by atoms with E-state index < -0.39 is 0 Å². The zero-order valence-electron chi connectivity index (χ0n) is 10.9. The number of fused-ring (bicyclic) bond motifs is 1. The van der Waals surface area contributed by atoms with Crippen molar-refractivity contribution in [2.75, 3.05) is 11.4 Å². The number of pyridine rings is 1. The second-order valence-corrected chi connectivity index (χ2v) is 4.90. The molecule has 3 nitrogen and oxygen atoms in total. The van der Waals surface area contributed by atoms with E-state index in [0.29, 0.717) is 5.69 Å². The van der Waals surface area contributed by atoms with Crippen molar-refractivity contribution in [1.29, 1.82) is 5.26 Å². The van der Waals surface area contributed by atoms with Gasteiger partial charge in [-0.05, 0) is 43.5 Å². The van der Waals surface area contributed by atoms with E-state index in [2.05, 4.69) is 41.1 Å². The van der Waals surface area contributed by atoms with E-state index in [-0.39, 0.29) is 0 Å². The third-order valence-corrected chi connectivity index (χ3v) is 3.53. The van der Waals surface area contributed by atoms with Crippen LogP contribution in [-0.4, -0.2) is 11.5 Å². The van der Waals surface area contributed by atoms with Gasteiger partial charge in [0.05, 0.1) is 11.9 Å². The first-order valence-corrected chi connectivity index (χ1v) is 6.51. The Morgan fingerprint density at radius 2 is 2.16 bits per heavy atom. The van der Waals surface area contributed by atoms with Gasteiger partial charge < -0.3 is 4.90 Å². The lowest BCUT2D eigenvalue weighted by Gasteiger charge is -2.31. The van der Waals surface area contributed by atoms with E-state index in [1.165, 1.54) is 16.8 Å². The number of hydrogen-bond donors (Lipinski definition) is 0. The Hall–Kier alpha value is -2.34. The summed E-state index contributed by atoms with van der Waals surface area (Å²) in [4.78, 5) is 6.44. The summed E-state index contributed by atoms with van der Waals surface area (Å²) in [6.07, 6.45) is 4.07. The maximum Gasteiger partial charge on any atom is 0.140 e. The van der Waals surface area contributed by atoms with Crippen molar-refractivity contribution in [3.05, 3.63) is 53.3 Å². The minimum Gasteiger partial charge on any atom is -0.340 e. The van der Waals surface area contributed by atoms with Crippen LogP contribution in [-0.2, 0) is 6.42 Å². The third kappa shape index (κ3) is 2.17. The molecule has 94 valence electrons. The summed E-state index contributed by atoms with van der Waals surface area (Å²) in [5.74, 6) is 0. The Morgan fingerprint density at radius 1 is 1.26 bits per heavy atom. The maximum atomic E-state index is 8.80. The van der Waals surface area contributed by atoms with Crippen LogP contribution in [0.25, 0.3) is 0 Å². The van der Waals surface area contributed by atoms with Crippen LogP contribution in [0.4, 0.5) is 11.4 Å². The normalized spacial score (nSPS) is 13.8. The fraction of sp³-hybridized carbons (Fsp3) is 0.250. The molecule has 0 aliphatic carbocycles. The van der Waals surface area contributed by atoms with Gasteiger partial charge in [-0.1, -0.05) is 17.7 Å². The summed E-state index contributed by atoms with van der Waals surface area (Å²) in [6, 6.07) is 12.4. The Morgan fingerprint density at radius 3 is 2.89 bits per heavy atom. The van der Waals surface area contributed by atoms with E-state index in [9.17, 15) is 0 Å². The van der Waals surface area contributed by atoms with Gasteiger partial charge in [-0.15, -0.1) is 0 Å². The molecule has 1 aliphatic heterocycles. The lowest BCUT2D eigenvalue weighted by atomic mass is 9.99. The van der Waals surface area contributed by atoms with Crippen LogP contribution in [0, 0.1) is 18.3 Å². The van der Waals surface area contributed by atoms with E-state index in [0.717, 1.165) is 25.1 Å².